The van der Waals surface area contributed by atoms with Crippen LogP contribution in [0.15, 0.2) is 48.5 Å². The molecule has 0 unspecified atom stereocenters. The molecule has 0 aromatic heterocycles. The summed E-state index contributed by atoms with van der Waals surface area (Å²) in [4.78, 5) is 22.2. The third-order valence-electron chi connectivity index (χ3n) is 3.79. The highest BCUT2D eigenvalue weighted by Gasteiger charge is 2.07. The Balaban J connectivity index is 1.91. The maximum absolute atomic E-state index is 11.9. The van der Waals surface area contributed by atoms with Gasteiger partial charge in [0.2, 0.25) is 0 Å². The van der Waals surface area contributed by atoms with Crippen LogP contribution in [0.1, 0.15) is 23.6 Å². The van der Waals surface area contributed by atoms with E-state index in [-0.39, 0.29) is 10.8 Å². The van der Waals surface area contributed by atoms with Gasteiger partial charge < -0.3 is 5.32 Å². The van der Waals surface area contributed by atoms with Crippen LogP contribution in [0.3, 0.4) is 0 Å². The minimum atomic E-state index is -0.487. The highest BCUT2D eigenvalue weighted by Crippen LogP contribution is 2.20. The van der Waals surface area contributed by atoms with E-state index < -0.39 is 10.8 Å². The number of nitrogens with one attached hydrogen (secondary N) is 3. The number of para-hydroxylation sites is 1. The number of thiocarbonyl (C=S) groups is 1. The van der Waals surface area contributed by atoms with Crippen molar-refractivity contribution in [2.75, 3.05) is 5.32 Å². The van der Waals surface area contributed by atoms with E-state index in [1.807, 2.05) is 25.1 Å². The first-order chi connectivity index (χ1) is 12.9. The van der Waals surface area contributed by atoms with Crippen LogP contribution in [-0.2, 0) is 11.2 Å². The van der Waals surface area contributed by atoms with Crippen molar-refractivity contribution in [3.63, 3.8) is 0 Å². The smallest absolute Gasteiger partial charge is 0.270 e. The maximum atomic E-state index is 11.9. The monoisotopic (exact) mass is 384 g/mol. The van der Waals surface area contributed by atoms with Gasteiger partial charge in [-0.25, -0.2) is 0 Å². The number of amides is 1. The van der Waals surface area contributed by atoms with Crippen LogP contribution in [0.4, 0.5) is 11.4 Å². The van der Waals surface area contributed by atoms with Crippen molar-refractivity contribution in [2.24, 2.45) is 0 Å². The van der Waals surface area contributed by atoms with E-state index in [1.54, 1.807) is 12.1 Å². The third-order valence-corrected chi connectivity index (χ3v) is 3.99. The molecule has 0 saturated carbocycles. The second-order valence-electron chi connectivity index (χ2n) is 5.72. The molecule has 0 spiro atoms. The molecule has 0 radical (unpaired) electrons. The van der Waals surface area contributed by atoms with Crippen LogP contribution in [0.2, 0.25) is 0 Å². The van der Waals surface area contributed by atoms with Crippen LogP contribution in [0.25, 0.3) is 6.08 Å². The molecule has 2 aromatic carbocycles. The number of nitro benzene ring substituents is 1. The molecule has 0 atom stereocenters. The molecule has 2 aromatic rings. The second-order valence-corrected chi connectivity index (χ2v) is 6.12. The summed E-state index contributed by atoms with van der Waals surface area (Å²) >= 11 is 5.21. The SMILES string of the molecule is CCc1cccc(C)c1NC(=S)NNC(=O)/C=C/c1cccc([N+](=O)[O-])c1. The van der Waals surface area contributed by atoms with Gasteiger partial charge in [-0.2, -0.15) is 0 Å². The van der Waals surface area contributed by atoms with Crippen molar-refractivity contribution in [3.8, 4) is 0 Å². The van der Waals surface area contributed by atoms with E-state index in [0.717, 1.165) is 23.2 Å². The number of anilines is 1. The van der Waals surface area contributed by atoms with Gasteiger partial charge in [-0.3, -0.25) is 25.8 Å². The normalized spacial score (nSPS) is 10.4. The highest BCUT2D eigenvalue weighted by atomic mass is 32.1. The van der Waals surface area contributed by atoms with Crippen LogP contribution in [-0.4, -0.2) is 15.9 Å². The Bertz CT molecular complexity index is 896. The number of nitrogens with zero attached hydrogens (tertiary/aromatic N) is 1. The maximum Gasteiger partial charge on any atom is 0.270 e. The van der Waals surface area contributed by atoms with E-state index in [4.69, 9.17) is 12.2 Å². The fraction of sp³-hybridized carbons (Fsp3) is 0.158. The summed E-state index contributed by atoms with van der Waals surface area (Å²) in [5.41, 5.74) is 8.69. The fourth-order valence-electron chi connectivity index (χ4n) is 2.42. The van der Waals surface area contributed by atoms with Gasteiger partial charge in [-0.1, -0.05) is 37.3 Å². The average molecular weight is 384 g/mol. The molecule has 0 fully saturated rings. The van der Waals surface area contributed by atoms with Gasteiger partial charge in [-0.05, 0) is 48.3 Å². The van der Waals surface area contributed by atoms with Crippen molar-refractivity contribution < 1.29 is 9.72 Å². The molecular weight excluding hydrogens is 364 g/mol. The number of carbonyl (C=O) groups excluding carboxylic acids is 1. The van der Waals surface area contributed by atoms with Gasteiger partial charge in [-0.15, -0.1) is 0 Å². The minimum Gasteiger partial charge on any atom is -0.331 e. The van der Waals surface area contributed by atoms with E-state index in [9.17, 15) is 14.9 Å². The summed E-state index contributed by atoms with van der Waals surface area (Å²) in [7, 11) is 0. The van der Waals surface area contributed by atoms with E-state index in [1.165, 1.54) is 24.3 Å². The number of carbonyl (C=O) groups is 1. The zero-order valence-electron chi connectivity index (χ0n) is 15.0. The molecule has 3 N–H and O–H groups in total. The lowest BCUT2D eigenvalue weighted by atomic mass is 10.1. The number of nitro groups is 1. The molecule has 0 heterocycles. The van der Waals surface area contributed by atoms with Crippen LogP contribution in [0, 0.1) is 17.0 Å². The van der Waals surface area contributed by atoms with Crippen molar-refractivity contribution in [2.45, 2.75) is 20.3 Å². The predicted octanol–water partition coefficient (Wildman–Crippen LogP) is 3.50. The molecule has 27 heavy (non-hydrogen) atoms. The Labute approximate surface area is 162 Å². The number of rotatable bonds is 5. The molecular formula is C19H20N4O3S. The average Bonchev–Trinajstić information content (AvgIpc) is 2.66. The molecule has 0 aliphatic heterocycles. The van der Waals surface area contributed by atoms with Gasteiger partial charge in [0.15, 0.2) is 5.11 Å². The Morgan fingerprint density at radius 3 is 2.67 bits per heavy atom. The van der Waals surface area contributed by atoms with Gasteiger partial charge >= 0.3 is 0 Å². The first-order valence-electron chi connectivity index (χ1n) is 8.28. The Morgan fingerprint density at radius 1 is 1.22 bits per heavy atom. The summed E-state index contributed by atoms with van der Waals surface area (Å²) in [5.74, 6) is -0.439. The third kappa shape index (κ3) is 5.89. The summed E-state index contributed by atoms with van der Waals surface area (Å²) in [6.07, 6.45) is 3.60. The molecule has 8 heteroatoms. The first kappa shape index (κ1) is 20.1. The molecule has 0 aliphatic rings. The van der Waals surface area contributed by atoms with E-state index in [2.05, 4.69) is 23.1 Å². The number of non-ortho nitro benzene ring substituents is 1. The zero-order valence-corrected chi connectivity index (χ0v) is 15.8. The van der Waals surface area contributed by atoms with E-state index in [0.29, 0.717) is 5.56 Å². The quantitative estimate of drug-likeness (QED) is 0.316. The zero-order chi connectivity index (χ0) is 19.8. The van der Waals surface area contributed by atoms with Crippen molar-refractivity contribution in [3.05, 3.63) is 75.3 Å². The molecule has 2 rings (SSSR count). The van der Waals surface area contributed by atoms with E-state index >= 15 is 0 Å². The fourth-order valence-corrected chi connectivity index (χ4v) is 2.57. The first-order valence-corrected chi connectivity index (χ1v) is 8.69. The summed E-state index contributed by atoms with van der Waals surface area (Å²) < 4.78 is 0. The van der Waals surface area contributed by atoms with Gasteiger partial charge in [0.05, 0.1) is 4.92 Å². The van der Waals surface area contributed by atoms with Gasteiger partial charge in [0, 0.05) is 23.9 Å². The Morgan fingerprint density at radius 2 is 1.96 bits per heavy atom. The minimum absolute atomic E-state index is 0.0361. The summed E-state index contributed by atoms with van der Waals surface area (Å²) in [6, 6.07) is 12.0. The largest absolute Gasteiger partial charge is 0.331 e. The number of hydrogen-bond donors (Lipinski definition) is 3. The molecule has 140 valence electrons. The highest BCUT2D eigenvalue weighted by molar-refractivity contribution is 7.80. The van der Waals surface area contributed by atoms with Crippen molar-refractivity contribution >= 4 is 40.7 Å². The summed E-state index contributed by atoms with van der Waals surface area (Å²) in [6.45, 7) is 4.03. The van der Waals surface area contributed by atoms with Gasteiger partial charge in [0.25, 0.3) is 11.6 Å². The summed E-state index contributed by atoms with van der Waals surface area (Å²) in [5, 5.41) is 14.1. The lowest BCUT2D eigenvalue weighted by Crippen LogP contribution is -2.43. The molecule has 1 amide bonds. The number of benzene rings is 2. The molecule has 7 nitrogen and oxygen atoms in total. The van der Waals surface area contributed by atoms with Crippen LogP contribution in [0.5, 0.6) is 0 Å². The lowest BCUT2D eigenvalue weighted by molar-refractivity contribution is -0.384. The number of hydrogen-bond acceptors (Lipinski definition) is 4. The van der Waals surface area contributed by atoms with Crippen molar-refractivity contribution in [1.82, 2.24) is 10.9 Å². The number of hydrazine groups is 1. The van der Waals surface area contributed by atoms with Crippen molar-refractivity contribution in [1.29, 1.82) is 0 Å². The Hall–Kier alpha value is -3.26. The predicted molar refractivity (Wildman–Crippen MR) is 110 cm³/mol. The lowest BCUT2D eigenvalue weighted by Gasteiger charge is -2.15. The van der Waals surface area contributed by atoms with Gasteiger partial charge in [0.1, 0.15) is 0 Å². The molecule has 0 saturated heterocycles. The number of aryl methyl sites for hydroxylation is 2. The topological polar surface area (TPSA) is 96.3 Å². The Kier molecular flexibility index (Phi) is 7.01. The molecule has 0 aliphatic carbocycles. The van der Waals surface area contributed by atoms with Crippen LogP contribution >= 0.6 is 12.2 Å². The molecule has 0 bridgehead atoms. The second kappa shape index (κ2) is 9.44. The standard InChI is InChI=1S/C19H20N4O3S/c1-3-15-8-4-6-13(2)18(15)20-19(27)22-21-17(24)11-10-14-7-5-9-16(12-14)23(25)26/h4-12H,3H2,1-2H3,(H,21,24)(H2,20,22,27)/b11-10+. The van der Waals surface area contributed by atoms with Crippen LogP contribution < -0.4 is 16.2 Å².